The summed E-state index contributed by atoms with van der Waals surface area (Å²) >= 11 is 1.72. The second-order valence-electron chi connectivity index (χ2n) is 4.96. The monoisotopic (exact) mass is 331 g/mol. The van der Waals surface area contributed by atoms with E-state index in [0.29, 0.717) is 23.6 Å². The summed E-state index contributed by atoms with van der Waals surface area (Å²) in [5.74, 6) is 1.06. The normalized spacial score (nSPS) is 10.2. The number of carbonyl (C=O) groups excluding carboxylic acids is 1. The molecule has 122 valence electrons. The van der Waals surface area contributed by atoms with Crippen molar-refractivity contribution in [1.29, 1.82) is 0 Å². The summed E-state index contributed by atoms with van der Waals surface area (Å²) in [6, 6.07) is 13.5. The molecule has 2 rings (SSSR count). The number of rotatable bonds is 7. The molecule has 0 radical (unpaired) electrons. The third-order valence-corrected chi connectivity index (χ3v) is 4.22. The Morgan fingerprint density at radius 1 is 1.04 bits per heavy atom. The zero-order chi connectivity index (χ0) is 16.7. The molecular formula is C18H21NO3S. The van der Waals surface area contributed by atoms with Crippen molar-refractivity contribution in [2.75, 3.05) is 27.0 Å². The predicted octanol–water partition coefficient (Wildman–Crippen LogP) is 3.40. The predicted molar refractivity (Wildman–Crippen MR) is 93.8 cm³/mol. The first-order chi connectivity index (χ1) is 11.2. The topological polar surface area (TPSA) is 47.6 Å². The maximum Gasteiger partial charge on any atom is 0.251 e. The van der Waals surface area contributed by atoms with Gasteiger partial charge in [0.15, 0.2) is 0 Å². The van der Waals surface area contributed by atoms with Crippen molar-refractivity contribution in [3.63, 3.8) is 0 Å². The van der Waals surface area contributed by atoms with Gasteiger partial charge in [-0.25, -0.2) is 0 Å². The van der Waals surface area contributed by atoms with Gasteiger partial charge in [-0.3, -0.25) is 4.79 Å². The molecule has 2 aromatic rings. The molecule has 4 nitrogen and oxygen atoms in total. The first-order valence-corrected chi connectivity index (χ1v) is 8.53. The third-order valence-electron chi connectivity index (χ3n) is 3.47. The molecule has 23 heavy (non-hydrogen) atoms. The van der Waals surface area contributed by atoms with E-state index in [1.807, 2.05) is 0 Å². The zero-order valence-corrected chi connectivity index (χ0v) is 14.4. The summed E-state index contributed by atoms with van der Waals surface area (Å²) in [5, 5.41) is 2.92. The summed E-state index contributed by atoms with van der Waals surface area (Å²) < 4.78 is 10.4. The Balaban J connectivity index is 1.93. The Labute approximate surface area is 141 Å². The quantitative estimate of drug-likeness (QED) is 0.790. The first-order valence-electron chi connectivity index (χ1n) is 7.30. The highest BCUT2D eigenvalue weighted by molar-refractivity contribution is 7.98. The summed E-state index contributed by atoms with van der Waals surface area (Å²) in [4.78, 5) is 13.5. The van der Waals surface area contributed by atoms with Crippen molar-refractivity contribution in [2.24, 2.45) is 0 Å². The van der Waals surface area contributed by atoms with Gasteiger partial charge in [0.1, 0.15) is 11.5 Å². The van der Waals surface area contributed by atoms with Gasteiger partial charge in [-0.2, -0.15) is 0 Å². The van der Waals surface area contributed by atoms with Crippen LogP contribution in [0.2, 0.25) is 0 Å². The van der Waals surface area contributed by atoms with Crippen LogP contribution in [-0.4, -0.2) is 32.9 Å². The lowest BCUT2D eigenvalue weighted by atomic mass is 10.1. The molecule has 0 saturated heterocycles. The number of amides is 1. The van der Waals surface area contributed by atoms with Crippen LogP contribution in [0.15, 0.2) is 47.4 Å². The molecule has 5 heteroatoms. The average molecular weight is 331 g/mol. The smallest absolute Gasteiger partial charge is 0.251 e. The fraction of sp³-hybridized carbons (Fsp3) is 0.278. The molecule has 1 N–H and O–H groups in total. The molecule has 0 atom stereocenters. The fourth-order valence-corrected chi connectivity index (χ4v) is 2.56. The Morgan fingerprint density at radius 3 is 2.17 bits per heavy atom. The van der Waals surface area contributed by atoms with E-state index < -0.39 is 0 Å². The molecule has 2 aromatic carbocycles. The lowest BCUT2D eigenvalue weighted by molar-refractivity contribution is 0.0953. The highest BCUT2D eigenvalue weighted by Gasteiger charge is 2.09. The second-order valence-corrected chi connectivity index (χ2v) is 5.83. The molecule has 0 saturated carbocycles. The second kappa shape index (κ2) is 8.48. The van der Waals surface area contributed by atoms with Crippen LogP contribution in [0.1, 0.15) is 15.9 Å². The van der Waals surface area contributed by atoms with Crippen LogP contribution >= 0.6 is 11.8 Å². The Morgan fingerprint density at radius 2 is 1.65 bits per heavy atom. The molecule has 0 spiro atoms. The highest BCUT2D eigenvalue weighted by atomic mass is 32.2. The lowest BCUT2D eigenvalue weighted by Crippen LogP contribution is -2.25. The number of thioether (sulfide) groups is 1. The summed E-state index contributed by atoms with van der Waals surface area (Å²) in [5.41, 5.74) is 1.73. The van der Waals surface area contributed by atoms with Crippen LogP contribution in [-0.2, 0) is 6.42 Å². The van der Waals surface area contributed by atoms with Crippen LogP contribution < -0.4 is 14.8 Å². The van der Waals surface area contributed by atoms with Gasteiger partial charge in [-0.05, 0) is 42.5 Å². The Hall–Kier alpha value is -2.14. The van der Waals surface area contributed by atoms with Gasteiger partial charge in [0.2, 0.25) is 0 Å². The van der Waals surface area contributed by atoms with Gasteiger partial charge in [0, 0.05) is 23.1 Å². The van der Waals surface area contributed by atoms with E-state index >= 15 is 0 Å². The largest absolute Gasteiger partial charge is 0.497 e. The van der Waals surface area contributed by atoms with Crippen molar-refractivity contribution >= 4 is 17.7 Å². The SMILES string of the molecule is COc1cc(OC)cc(C(=O)NCCc2ccc(SC)cc2)c1. The molecule has 0 aromatic heterocycles. The molecule has 0 unspecified atom stereocenters. The van der Waals surface area contributed by atoms with Crippen molar-refractivity contribution < 1.29 is 14.3 Å². The zero-order valence-electron chi connectivity index (χ0n) is 13.6. The molecule has 0 fully saturated rings. The summed E-state index contributed by atoms with van der Waals surface area (Å²) in [6.45, 7) is 0.580. The van der Waals surface area contributed by atoms with Crippen molar-refractivity contribution in [1.82, 2.24) is 5.32 Å². The summed E-state index contributed by atoms with van der Waals surface area (Å²) in [7, 11) is 3.13. The minimum atomic E-state index is -0.136. The minimum absolute atomic E-state index is 0.136. The molecule has 0 aliphatic carbocycles. The van der Waals surface area contributed by atoms with Gasteiger partial charge in [-0.1, -0.05) is 12.1 Å². The molecule has 0 aliphatic heterocycles. The summed E-state index contributed by atoms with van der Waals surface area (Å²) in [6.07, 6.45) is 2.85. The van der Waals surface area contributed by atoms with Crippen molar-refractivity contribution in [2.45, 2.75) is 11.3 Å². The third kappa shape index (κ3) is 4.93. The van der Waals surface area contributed by atoms with E-state index in [1.54, 1.807) is 44.2 Å². The maximum absolute atomic E-state index is 12.2. The number of hydrogen-bond donors (Lipinski definition) is 1. The molecule has 0 bridgehead atoms. The highest BCUT2D eigenvalue weighted by Crippen LogP contribution is 2.22. The molecule has 1 amide bonds. The first kappa shape index (κ1) is 17.2. The standard InChI is InChI=1S/C18H21NO3S/c1-21-15-10-14(11-16(12-15)22-2)18(20)19-9-8-13-4-6-17(23-3)7-5-13/h4-7,10-12H,8-9H2,1-3H3,(H,19,20). The Kier molecular flexibility index (Phi) is 6.35. The van der Waals surface area contributed by atoms with E-state index in [-0.39, 0.29) is 5.91 Å². The van der Waals surface area contributed by atoms with Crippen LogP contribution in [0.25, 0.3) is 0 Å². The molecule has 0 aliphatic rings. The lowest BCUT2D eigenvalue weighted by Gasteiger charge is -2.09. The number of carbonyl (C=O) groups is 1. The van der Waals surface area contributed by atoms with Crippen LogP contribution in [0.5, 0.6) is 11.5 Å². The van der Waals surface area contributed by atoms with Gasteiger partial charge < -0.3 is 14.8 Å². The Bertz CT molecular complexity index is 634. The number of hydrogen-bond acceptors (Lipinski definition) is 4. The molecule has 0 heterocycles. The number of ether oxygens (including phenoxy) is 2. The number of methoxy groups -OCH3 is 2. The number of nitrogens with one attached hydrogen (secondary N) is 1. The van der Waals surface area contributed by atoms with E-state index in [2.05, 4.69) is 35.8 Å². The van der Waals surface area contributed by atoms with Gasteiger partial charge in [0.25, 0.3) is 5.91 Å². The maximum atomic E-state index is 12.2. The average Bonchev–Trinajstić information content (AvgIpc) is 2.61. The van der Waals surface area contributed by atoms with Gasteiger partial charge >= 0.3 is 0 Å². The number of benzene rings is 2. The van der Waals surface area contributed by atoms with Crippen LogP contribution in [0.3, 0.4) is 0 Å². The van der Waals surface area contributed by atoms with E-state index in [0.717, 1.165) is 6.42 Å². The fourth-order valence-electron chi connectivity index (χ4n) is 2.15. The van der Waals surface area contributed by atoms with Gasteiger partial charge in [-0.15, -0.1) is 11.8 Å². The van der Waals surface area contributed by atoms with E-state index in [1.165, 1.54) is 10.5 Å². The van der Waals surface area contributed by atoms with Gasteiger partial charge in [0.05, 0.1) is 14.2 Å². The van der Waals surface area contributed by atoms with Crippen LogP contribution in [0.4, 0.5) is 0 Å². The molecular weight excluding hydrogens is 310 g/mol. The van der Waals surface area contributed by atoms with E-state index in [4.69, 9.17) is 9.47 Å². The van der Waals surface area contributed by atoms with Crippen molar-refractivity contribution in [3.05, 3.63) is 53.6 Å². The van der Waals surface area contributed by atoms with E-state index in [9.17, 15) is 4.79 Å². The minimum Gasteiger partial charge on any atom is -0.497 e. The van der Waals surface area contributed by atoms with Crippen LogP contribution in [0, 0.1) is 0 Å². The van der Waals surface area contributed by atoms with Crippen molar-refractivity contribution in [3.8, 4) is 11.5 Å².